The monoisotopic (exact) mass is 266 g/mol. The lowest BCUT2D eigenvalue weighted by Gasteiger charge is -2.29. The molecule has 1 aliphatic rings. The second kappa shape index (κ2) is 5.26. The molecule has 98 valence electrons. The number of hydrogen-bond acceptors (Lipinski definition) is 5. The van der Waals surface area contributed by atoms with E-state index in [0.717, 1.165) is 6.29 Å². The van der Waals surface area contributed by atoms with Crippen LogP contribution in [0.3, 0.4) is 0 Å². The highest BCUT2D eigenvalue weighted by molar-refractivity contribution is 8.00. The van der Waals surface area contributed by atoms with Crippen molar-refractivity contribution in [1.82, 2.24) is 9.97 Å². The fraction of sp³-hybridized carbons (Fsp3) is 0.615. The molecule has 1 unspecified atom stereocenters. The Hall–Kier alpha value is -1.10. The van der Waals surface area contributed by atoms with E-state index in [1.807, 2.05) is 0 Å². The predicted octanol–water partition coefficient (Wildman–Crippen LogP) is 2.58. The summed E-state index contributed by atoms with van der Waals surface area (Å²) in [5, 5.41) is 0.484. The van der Waals surface area contributed by atoms with Gasteiger partial charge in [0.05, 0.1) is 12.4 Å². The maximum absolute atomic E-state index is 11.3. The van der Waals surface area contributed by atoms with Gasteiger partial charge >= 0.3 is 0 Å². The van der Waals surface area contributed by atoms with Gasteiger partial charge < -0.3 is 9.53 Å². The fourth-order valence-electron chi connectivity index (χ4n) is 2.02. The molecule has 0 spiro atoms. The molecule has 1 heterocycles. The molecule has 0 radical (unpaired) electrons. The predicted molar refractivity (Wildman–Crippen MR) is 70.8 cm³/mol. The highest BCUT2D eigenvalue weighted by atomic mass is 32.2. The number of carbonyl (C=O) groups is 1. The molecule has 1 aliphatic carbocycles. The average Bonchev–Trinajstić information content (AvgIpc) is 3.20. The zero-order valence-electron chi connectivity index (χ0n) is 10.9. The molecule has 1 fully saturated rings. The summed E-state index contributed by atoms with van der Waals surface area (Å²) in [5.41, 5.74) is -0.00114. The zero-order valence-corrected chi connectivity index (χ0v) is 11.7. The summed E-state index contributed by atoms with van der Waals surface area (Å²) in [7, 11) is 1.57. The van der Waals surface area contributed by atoms with Crippen LogP contribution < -0.4 is 4.74 Å². The van der Waals surface area contributed by atoms with Crippen molar-refractivity contribution in [2.24, 2.45) is 11.3 Å². The van der Waals surface area contributed by atoms with E-state index < -0.39 is 0 Å². The van der Waals surface area contributed by atoms with Gasteiger partial charge in [-0.2, -0.15) is 4.98 Å². The Labute approximate surface area is 112 Å². The summed E-state index contributed by atoms with van der Waals surface area (Å²) in [6.07, 6.45) is 5.11. The van der Waals surface area contributed by atoms with Crippen LogP contribution in [-0.2, 0) is 4.79 Å². The van der Waals surface area contributed by atoms with Crippen molar-refractivity contribution >= 4 is 18.0 Å². The minimum atomic E-state index is -0.114. The quantitative estimate of drug-likeness (QED) is 0.450. The van der Waals surface area contributed by atoms with Gasteiger partial charge in [-0.1, -0.05) is 25.6 Å². The Balaban J connectivity index is 2.12. The number of methoxy groups -OCH3 is 1. The largest absolute Gasteiger partial charge is 0.481 e. The molecule has 5 heteroatoms. The van der Waals surface area contributed by atoms with E-state index in [2.05, 4.69) is 23.8 Å². The summed E-state index contributed by atoms with van der Waals surface area (Å²) in [5.74, 6) is 1.17. The van der Waals surface area contributed by atoms with Crippen molar-refractivity contribution in [3.8, 4) is 5.88 Å². The van der Waals surface area contributed by atoms with Crippen molar-refractivity contribution in [1.29, 1.82) is 0 Å². The van der Waals surface area contributed by atoms with Crippen molar-refractivity contribution in [2.75, 3.05) is 7.11 Å². The van der Waals surface area contributed by atoms with Crippen molar-refractivity contribution in [3.05, 3.63) is 12.3 Å². The lowest BCUT2D eigenvalue weighted by molar-refractivity contribution is -0.109. The van der Waals surface area contributed by atoms with Gasteiger partial charge in [0.2, 0.25) is 5.88 Å². The zero-order chi connectivity index (χ0) is 13.2. The van der Waals surface area contributed by atoms with Crippen molar-refractivity contribution < 1.29 is 9.53 Å². The molecule has 1 saturated carbocycles. The number of rotatable bonds is 6. The molecular formula is C13H18N2O2S. The van der Waals surface area contributed by atoms with Crippen LogP contribution in [0.5, 0.6) is 5.88 Å². The van der Waals surface area contributed by atoms with Crippen LogP contribution in [0.1, 0.15) is 26.7 Å². The Morgan fingerprint density at radius 3 is 2.83 bits per heavy atom. The number of thioether (sulfide) groups is 1. The third-order valence-corrected chi connectivity index (χ3v) is 4.92. The number of ether oxygens (including phenoxy) is 1. The van der Waals surface area contributed by atoms with Crippen LogP contribution in [0.2, 0.25) is 0 Å². The van der Waals surface area contributed by atoms with E-state index in [-0.39, 0.29) is 10.7 Å². The molecule has 1 aromatic rings. The molecular weight excluding hydrogens is 248 g/mol. The number of carbonyl (C=O) groups excluding carboxylic acids is 1. The summed E-state index contributed by atoms with van der Waals surface area (Å²) in [4.78, 5) is 19.8. The summed E-state index contributed by atoms with van der Waals surface area (Å²) >= 11 is 1.42. The van der Waals surface area contributed by atoms with Crippen LogP contribution in [0.25, 0.3) is 0 Å². The van der Waals surface area contributed by atoms with Gasteiger partial charge in [-0.05, 0) is 24.2 Å². The van der Waals surface area contributed by atoms with Gasteiger partial charge in [-0.25, -0.2) is 4.98 Å². The first-order valence-electron chi connectivity index (χ1n) is 6.07. The molecule has 2 rings (SSSR count). The SMILES string of the molecule is COc1ccnc(SC(C=O)C(C)(C)C2CC2)n1. The van der Waals surface area contributed by atoms with Gasteiger partial charge in [-0.3, -0.25) is 0 Å². The number of nitrogens with zero attached hydrogens (tertiary/aromatic N) is 2. The highest BCUT2D eigenvalue weighted by Gasteiger charge is 2.44. The van der Waals surface area contributed by atoms with Crippen LogP contribution >= 0.6 is 11.8 Å². The third-order valence-electron chi connectivity index (χ3n) is 3.54. The first kappa shape index (κ1) is 13.3. The lowest BCUT2D eigenvalue weighted by Crippen LogP contribution is -2.30. The summed E-state index contributed by atoms with van der Waals surface area (Å²) < 4.78 is 5.06. The average molecular weight is 266 g/mol. The maximum atomic E-state index is 11.3. The standard InChI is InChI=1S/C13H18N2O2S/c1-13(2,9-4-5-9)10(8-16)18-12-14-7-6-11(15-12)17-3/h6-10H,4-5H2,1-3H3. The van der Waals surface area contributed by atoms with Gasteiger partial charge in [-0.15, -0.1) is 0 Å². The Kier molecular flexibility index (Phi) is 3.90. The molecule has 0 aliphatic heterocycles. The first-order valence-corrected chi connectivity index (χ1v) is 6.95. The Morgan fingerprint density at radius 2 is 2.28 bits per heavy atom. The fourth-order valence-corrected chi connectivity index (χ4v) is 3.07. The smallest absolute Gasteiger partial charge is 0.216 e. The maximum Gasteiger partial charge on any atom is 0.216 e. The Morgan fingerprint density at radius 1 is 1.56 bits per heavy atom. The molecule has 18 heavy (non-hydrogen) atoms. The number of aromatic nitrogens is 2. The van der Waals surface area contributed by atoms with E-state index in [0.29, 0.717) is 17.0 Å². The lowest BCUT2D eigenvalue weighted by atomic mass is 9.84. The van der Waals surface area contributed by atoms with E-state index in [9.17, 15) is 4.79 Å². The second-order valence-electron chi connectivity index (χ2n) is 5.15. The van der Waals surface area contributed by atoms with Crippen LogP contribution in [0.15, 0.2) is 17.4 Å². The van der Waals surface area contributed by atoms with Gasteiger partial charge in [0, 0.05) is 12.3 Å². The number of hydrogen-bond donors (Lipinski definition) is 0. The normalized spacial score (nSPS) is 17.3. The topological polar surface area (TPSA) is 52.1 Å². The molecule has 0 amide bonds. The third kappa shape index (κ3) is 2.83. The van der Waals surface area contributed by atoms with Gasteiger partial charge in [0.15, 0.2) is 5.16 Å². The minimum absolute atomic E-state index is 0.00114. The molecule has 0 N–H and O–H groups in total. The minimum Gasteiger partial charge on any atom is -0.481 e. The van der Waals surface area contributed by atoms with Crippen LogP contribution in [0.4, 0.5) is 0 Å². The highest BCUT2D eigenvalue weighted by Crippen LogP contribution is 2.50. The summed E-state index contributed by atoms with van der Waals surface area (Å²) in [6, 6.07) is 1.70. The molecule has 0 aromatic carbocycles. The summed E-state index contributed by atoms with van der Waals surface area (Å²) in [6.45, 7) is 4.30. The van der Waals surface area contributed by atoms with Crippen LogP contribution in [0, 0.1) is 11.3 Å². The van der Waals surface area contributed by atoms with E-state index in [1.165, 1.54) is 24.6 Å². The van der Waals surface area contributed by atoms with Gasteiger partial charge in [0.25, 0.3) is 0 Å². The van der Waals surface area contributed by atoms with E-state index in [1.54, 1.807) is 19.4 Å². The van der Waals surface area contributed by atoms with Crippen molar-refractivity contribution in [3.63, 3.8) is 0 Å². The van der Waals surface area contributed by atoms with E-state index in [4.69, 9.17) is 4.74 Å². The van der Waals surface area contributed by atoms with Crippen LogP contribution in [-0.4, -0.2) is 28.6 Å². The molecule has 0 bridgehead atoms. The van der Waals surface area contributed by atoms with Crippen molar-refractivity contribution in [2.45, 2.75) is 37.1 Å². The molecule has 0 saturated heterocycles. The first-order chi connectivity index (χ1) is 8.57. The van der Waals surface area contributed by atoms with Gasteiger partial charge in [0.1, 0.15) is 6.29 Å². The molecule has 1 aromatic heterocycles. The van der Waals surface area contributed by atoms with E-state index >= 15 is 0 Å². The second-order valence-corrected chi connectivity index (χ2v) is 6.26. The Bertz CT molecular complexity index is 433. The molecule has 1 atom stereocenters. The number of aldehydes is 1. The molecule has 4 nitrogen and oxygen atoms in total.